The standard InChI is InChI=1S/C16H24FNO/c1-11(2)10-19-15-9-14(16(15,3)4)18-13-8-6-5-7-12(13)17/h5-8,11,14-15,18H,9-10H2,1-4H3. The van der Waals surface area contributed by atoms with Crippen LogP contribution in [0.4, 0.5) is 10.1 Å². The molecule has 3 heteroatoms. The summed E-state index contributed by atoms with van der Waals surface area (Å²) in [6, 6.07) is 7.10. The van der Waals surface area contributed by atoms with Gasteiger partial charge in [-0.2, -0.15) is 0 Å². The summed E-state index contributed by atoms with van der Waals surface area (Å²) in [5, 5.41) is 3.30. The van der Waals surface area contributed by atoms with Gasteiger partial charge in [-0.3, -0.25) is 0 Å². The molecular formula is C16H24FNO. The van der Waals surface area contributed by atoms with Gasteiger partial charge >= 0.3 is 0 Å². The zero-order valence-corrected chi connectivity index (χ0v) is 12.2. The van der Waals surface area contributed by atoms with Crippen LogP contribution in [0.15, 0.2) is 24.3 Å². The SMILES string of the molecule is CC(C)COC1CC(Nc2ccccc2F)C1(C)C. The van der Waals surface area contributed by atoms with E-state index in [9.17, 15) is 4.39 Å². The topological polar surface area (TPSA) is 21.3 Å². The molecule has 0 aromatic heterocycles. The van der Waals surface area contributed by atoms with Crippen LogP contribution in [0.1, 0.15) is 34.1 Å². The quantitative estimate of drug-likeness (QED) is 0.866. The monoisotopic (exact) mass is 265 g/mol. The van der Waals surface area contributed by atoms with Crippen molar-refractivity contribution in [3.05, 3.63) is 30.1 Å². The molecule has 2 atom stereocenters. The van der Waals surface area contributed by atoms with Crippen molar-refractivity contribution in [2.24, 2.45) is 11.3 Å². The van der Waals surface area contributed by atoms with E-state index < -0.39 is 0 Å². The van der Waals surface area contributed by atoms with Gasteiger partial charge < -0.3 is 10.1 Å². The van der Waals surface area contributed by atoms with E-state index in [4.69, 9.17) is 4.74 Å². The molecule has 19 heavy (non-hydrogen) atoms. The van der Waals surface area contributed by atoms with Gasteiger partial charge in [-0.1, -0.05) is 39.8 Å². The van der Waals surface area contributed by atoms with Gasteiger partial charge in [-0.15, -0.1) is 0 Å². The van der Waals surface area contributed by atoms with E-state index in [1.165, 1.54) is 6.07 Å². The Kier molecular flexibility index (Phi) is 4.14. The number of anilines is 1. The maximum Gasteiger partial charge on any atom is 0.146 e. The van der Waals surface area contributed by atoms with Gasteiger partial charge in [0.2, 0.25) is 0 Å². The second kappa shape index (κ2) is 5.49. The van der Waals surface area contributed by atoms with Gasteiger partial charge in [0, 0.05) is 18.1 Å². The third-order valence-electron chi connectivity index (χ3n) is 4.01. The van der Waals surface area contributed by atoms with Gasteiger partial charge in [-0.05, 0) is 24.5 Å². The number of hydrogen-bond acceptors (Lipinski definition) is 2. The van der Waals surface area contributed by atoms with E-state index in [-0.39, 0.29) is 23.4 Å². The first-order valence-electron chi connectivity index (χ1n) is 7.04. The highest BCUT2D eigenvalue weighted by Gasteiger charge is 2.49. The normalized spacial score (nSPS) is 25.2. The van der Waals surface area contributed by atoms with Crippen LogP contribution in [0.5, 0.6) is 0 Å². The van der Waals surface area contributed by atoms with Crippen LogP contribution in [0.25, 0.3) is 0 Å². The summed E-state index contributed by atoms with van der Waals surface area (Å²) in [4.78, 5) is 0. The minimum Gasteiger partial charge on any atom is -0.379 e. The van der Waals surface area contributed by atoms with E-state index >= 15 is 0 Å². The van der Waals surface area contributed by atoms with Crippen molar-refractivity contribution in [1.29, 1.82) is 0 Å². The Morgan fingerprint density at radius 2 is 2.05 bits per heavy atom. The van der Waals surface area contributed by atoms with Crippen LogP contribution in [-0.2, 0) is 4.74 Å². The smallest absolute Gasteiger partial charge is 0.146 e. The Morgan fingerprint density at radius 3 is 2.63 bits per heavy atom. The maximum absolute atomic E-state index is 13.6. The number of ether oxygens (including phenoxy) is 1. The number of hydrogen-bond donors (Lipinski definition) is 1. The molecule has 1 N–H and O–H groups in total. The Labute approximate surface area is 115 Å². The second-order valence-electron chi connectivity index (χ2n) is 6.45. The summed E-state index contributed by atoms with van der Waals surface area (Å²) in [7, 11) is 0. The van der Waals surface area contributed by atoms with Gasteiger partial charge in [0.05, 0.1) is 11.8 Å². The first-order valence-corrected chi connectivity index (χ1v) is 7.04. The van der Waals surface area contributed by atoms with Crippen molar-refractivity contribution in [1.82, 2.24) is 0 Å². The molecule has 2 rings (SSSR count). The second-order valence-corrected chi connectivity index (χ2v) is 6.45. The molecule has 0 aliphatic heterocycles. The molecule has 0 bridgehead atoms. The van der Waals surface area contributed by atoms with Crippen molar-refractivity contribution in [2.45, 2.75) is 46.3 Å². The number of rotatable bonds is 5. The molecular weight excluding hydrogens is 241 g/mol. The summed E-state index contributed by atoms with van der Waals surface area (Å²) in [6.07, 6.45) is 1.20. The van der Waals surface area contributed by atoms with Gasteiger partial charge in [0.15, 0.2) is 0 Å². The minimum absolute atomic E-state index is 0.0389. The lowest BCUT2D eigenvalue weighted by atomic mass is 9.64. The highest BCUT2D eigenvalue weighted by Crippen LogP contribution is 2.44. The highest BCUT2D eigenvalue weighted by atomic mass is 19.1. The highest BCUT2D eigenvalue weighted by molar-refractivity contribution is 5.46. The van der Waals surface area contributed by atoms with Crippen LogP contribution in [0.2, 0.25) is 0 Å². The summed E-state index contributed by atoms with van der Waals surface area (Å²) in [5.74, 6) is 0.360. The largest absolute Gasteiger partial charge is 0.379 e. The van der Waals surface area contributed by atoms with Crippen molar-refractivity contribution >= 4 is 5.69 Å². The van der Waals surface area contributed by atoms with Crippen LogP contribution in [-0.4, -0.2) is 18.8 Å². The van der Waals surface area contributed by atoms with E-state index in [1.807, 2.05) is 6.07 Å². The molecule has 1 aromatic rings. The summed E-state index contributed by atoms with van der Waals surface area (Å²) in [6.45, 7) is 9.46. The molecule has 2 nitrogen and oxygen atoms in total. The number of nitrogens with one attached hydrogen (secondary N) is 1. The fourth-order valence-electron chi connectivity index (χ4n) is 2.49. The van der Waals surface area contributed by atoms with Crippen molar-refractivity contribution in [3.8, 4) is 0 Å². The van der Waals surface area contributed by atoms with Crippen LogP contribution >= 0.6 is 0 Å². The molecule has 0 radical (unpaired) electrons. The van der Waals surface area contributed by atoms with E-state index in [0.717, 1.165) is 13.0 Å². The molecule has 0 amide bonds. The molecule has 2 unspecified atom stereocenters. The average Bonchev–Trinajstić information content (AvgIpc) is 2.34. The Bertz CT molecular complexity index is 431. The van der Waals surface area contributed by atoms with Crippen molar-refractivity contribution in [3.63, 3.8) is 0 Å². The predicted octanol–water partition coefficient (Wildman–Crippen LogP) is 4.08. The fraction of sp³-hybridized carbons (Fsp3) is 0.625. The molecule has 1 aromatic carbocycles. The lowest BCUT2D eigenvalue weighted by Gasteiger charge is -2.52. The molecule has 1 aliphatic carbocycles. The van der Waals surface area contributed by atoms with E-state index in [2.05, 4.69) is 33.0 Å². The van der Waals surface area contributed by atoms with Gasteiger partial charge in [0.1, 0.15) is 5.82 Å². The van der Waals surface area contributed by atoms with E-state index in [0.29, 0.717) is 11.6 Å². The zero-order chi connectivity index (χ0) is 14.0. The first-order chi connectivity index (χ1) is 8.91. The summed E-state index contributed by atoms with van der Waals surface area (Å²) >= 11 is 0. The molecule has 0 saturated heterocycles. The van der Waals surface area contributed by atoms with Gasteiger partial charge in [0.25, 0.3) is 0 Å². The lowest BCUT2D eigenvalue weighted by molar-refractivity contribution is -0.108. The Hall–Kier alpha value is -1.09. The fourth-order valence-corrected chi connectivity index (χ4v) is 2.49. The summed E-state index contributed by atoms with van der Waals surface area (Å²) < 4.78 is 19.5. The maximum atomic E-state index is 13.6. The van der Waals surface area contributed by atoms with Crippen LogP contribution in [0.3, 0.4) is 0 Å². The molecule has 106 valence electrons. The summed E-state index contributed by atoms with van der Waals surface area (Å²) in [5.41, 5.74) is 0.625. The number of halogens is 1. The molecule has 1 aliphatic rings. The van der Waals surface area contributed by atoms with Gasteiger partial charge in [-0.25, -0.2) is 4.39 Å². The first kappa shape index (κ1) is 14.3. The molecule has 0 heterocycles. The number of benzene rings is 1. The number of para-hydroxylation sites is 1. The molecule has 1 saturated carbocycles. The third kappa shape index (κ3) is 3.08. The van der Waals surface area contributed by atoms with Crippen molar-refractivity contribution < 1.29 is 9.13 Å². The van der Waals surface area contributed by atoms with Crippen LogP contribution < -0.4 is 5.32 Å². The van der Waals surface area contributed by atoms with Crippen molar-refractivity contribution in [2.75, 3.05) is 11.9 Å². The Balaban J connectivity index is 1.93. The average molecular weight is 265 g/mol. The molecule has 0 spiro atoms. The third-order valence-corrected chi connectivity index (χ3v) is 4.01. The van der Waals surface area contributed by atoms with Crippen LogP contribution in [0, 0.1) is 17.2 Å². The predicted molar refractivity (Wildman–Crippen MR) is 76.8 cm³/mol. The Morgan fingerprint density at radius 1 is 1.37 bits per heavy atom. The minimum atomic E-state index is -0.190. The zero-order valence-electron chi connectivity index (χ0n) is 12.2. The lowest BCUT2D eigenvalue weighted by Crippen LogP contribution is -2.58. The van der Waals surface area contributed by atoms with E-state index in [1.54, 1.807) is 12.1 Å². The molecule has 1 fully saturated rings.